The van der Waals surface area contributed by atoms with E-state index in [0.717, 1.165) is 15.9 Å². The molecule has 2 saturated heterocycles. The van der Waals surface area contributed by atoms with Gasteiger partial charge in [0.05, 0.1) is 6.61 Å². The number of rotatable bonds is 7. The molecule has 2 heterocycles. The van der Waals surface area contributed by atoms with E-state index in [9.17, 15) is 4.79 Å². The second-order valence-corrected chi connectivity index (χ2v) is 15.5. The van der Waals surface area contributed by atoms with Crippen molar-refractivity contribution >= 4 is 24.7 Å². The lowest BCUT2D eigenvalue weighted by molar-refractivity contribution is -0.356. The molecular formula is C32H38O7Si. The van der Waals surface area contributed by atoms with Crippen LogP contribution in [0.2, 0.25) is 5.04 Å². The highest BCUT2D eigenvalue weighted by molar-refractivity contribution is 6.99. The molecule has 0 spiro atoms. The molecule has 0 unspecified atom stereocenters. The van der Waals surface area contributed by atoms with Gasteiger partial charge in [0.2, 0.25) is 0 Å². The molecule has 0 saturated carbocycles. The molecule has 3 aromatic rings. The highest BCUT2D eigenvalue weighted by atomic mass is 28.4. The first-order chi connectivity index (χ1) is 19.2. The number of ether oxygens (including phenoxy) is 5. The molecule has 7 nitrogen and oxygen atoms in total. The third-order valence-corrected chi connectivity index (χ3v) is 12.7. The van der Waals surface area contributed by atoms with Gasteiger partial charge >= 0.3 is 5.97 Å². The lowest BCUT2D eigenvalue weighted by atomic mass is 9.97. The average Bonchev–Trinajstić information content (AvgIpc) is 2.96. The van der Waals surface area contributed by atoms with E-state index in [4.69, 9.17) is 28.1 Å². The van der Waals surface area contributed by atoms with E-state index in [2.05, 4.69) is 45.0 Å². The van der Waals surface area contributed by atoms with Crippen LogP contribution >= 0.6 is 0 Å². The summed E-state index contributed by atoms with van der Waals surface area (Å²) in [4.78, 5) is 12.4. The number of hydrogen-bond donors (Lipinski definition) is 0. The number of hydrogen-bond acceptors (Lipinski definition) is 7. The second kappa shape index (κ2) is 11.9. The number of methoxy groups -OCH3 is 1. The van der Waals surface area contributed by atoms with Gasteiger partial charge in [0.1, 0.15) is 18.3 Å². The topological polar surface area (TPSA) is 72.5 Å². The van der Waals surface area contributed by atoms with E-state index < -0.39 is 51.3 Å². The van der Waals surface area contributed by atoms with Crippen LogP contribution in [0.3, 0.4) is 0 Å². The number of benzene rings is 3. The zero-order valence-corrected chi connectivity index (χ0v) is 24.7. The summed E-state index contributed by atoms with van der Waals surface area (Å²) in [6, 6.07) is 30.5. The number of carbonyl (C=O) groups is 1. The van der Waals surface area contributed by atoms with Crippen LogP contribution in [0.1, 0.15) is 39.5 Å². The molecule has 0 aromatic heterocycles. The molecule has 6 atom stereocenters. The predicted octanol–water partition coefficient (Wildman–Crippen LogP) is 4.35. The van der Waals surface area contributed by atoms with Crippen LogP contribution in [-0.4, -0.2) is 58.7 Å². The van der Waals surface area contributed by atoms with E-state index in [1.807, 2.05) is 66.7 Å². The van der Waals surface area contributed by atoms with Gasteiger partial charge in [-0.3, -0.25) is 4.79 Å². The van der Waals surface area contributed by atoms with E-state index in [0.29, 0.717) is 0 Å². The van der Waals surface area contributed by atoms with Gasteiger partial charge in [-0.15, -0.1) is 0 Å². The Hall–Kier alpha value is -2.85. The summed E-state index contributed by atoms with van der Waals surface area (Å²) < 4.78 is 38.2. The Balaban J connectivity index is 1.65. The first kappa shape index (κ1) is 28.7. The monoisotopic (exact) mass is 562 g/mol. The van der Waals surface area contributed by atoms with Crippen LogP contribution in [0.5, 0.6) is 0 Å². The Kier molecular flexibility index (Phi) is 8.56. The van der Waals surface area contributed by atoms with Crippen molar-refractivity contribution in [2.24, 2.45) is 0 Å². The van der Waals surface area contributed by atoms with Gasteiger partial charge < -0.3 is 28.1 Å². The summed E-state index contributed by atoms with van der Waals surface area (Å²) >= 11 is 0. The fourth-order valence-electron chi connectivity index (χ4n) is 5.86. The van der Waals surface area contributed by atoms with E-state index >= 15 is 0 Å². The van der Waals surface area contributed by atoms with Gasteiger partial charge in [-0.2, -0.15) is 0 Å². The van der Waals surface area contributed by atoms with Gasteiger partial charge in [0.15, 0.2) is 18.7 Å². The summed E-state index contributed by atoms with van der Waals surface area (Å²) in [5, 5.41) is 1.91. The van der Waals surface area contributed by atoms with E-state index in [1.54, 1.807) is 7.11 Å². The van der Waals surface area contributed by atoms with Crippen LogP contribution in [0.25, 0.3) is 0 Å². The average molecular weight is 563 g/mol. The van der Waals surface area contributed by atoms with E-state index in [1.165, 1.54) is 6.92 Å². The number of esters is 1. The predicted molar refractivity (Wildman–Crippen MR) is 154 cm³/mol. The largest absolute Gasteiger partial charge is 0.454 e. The SMILES string of the molecule is CO[C@H]1O[C@@H]2CO[C@@H](c3ccccc3)O[C@H]2[C@H](O[Si](c2ccccc2)(c2ccccc2)C(C)(C)C)[C@H]1OC(C)=O. The summed E-state index contributed by atoms with van der Waals surface area (Å²) in [6.07, 6.45) is -4.10. The Morgan fingerprint density at radius 1 is 0.825 bits per heavy atom. The van der Waals surface area contributed by atoms with Crippen molar-refractivity contribution in [1.82, 2.24) is 0 Å². The van der Waals surface area contributed by atoms with E-state index in [-0.39, 0.29) is 11.6 Å². The zero-order valence-electron chi connectivity index (χ0n) is 23.7. The minimum atomic E-state index is -3.07. The lowest BCUT2D eigenvalue weighted by Crippen LogP contribution is -2.73. The minimum absolute atomic E-state index is 0.275. The molecule has 2 aliphatic rings. The van der Waals surface area contributed by atoms with Gasteiger partial charge in [-0.25, -0.2) is 0 Å². The van der Waals surface area contributed by atoms with Crippen molar-refractivity contribution in [2.75, 3.05) is 13.7 Å². The van der Waals surface area contributed by atoms with Gasteiger partial charge in [-0.05, 0) is 15.4 Å². The Labute approximate surface area is 237 Å². The van der Waals surface area contributed by atoms with Crippen molar-refractivity contribution in [3.8, 4) is 0 Å². The van der Waals surface area contributed by atoms with Gasteiger partial charge in [-0.1, -0.05) is 112 Å². The van der Waals surface area contributed by atoms with Gasteiger partial charge in [0, 0.05) is 19.6 Å². The smallest absolute Gasteiger partial charge is 0.303 e. The zero-order chi connectivity index (χ0) is 28.3. The first-order valence-corrected chi connectivity index (χ1v) is 15.6. The molecule has 3 aromatic carbocycles. The Bertz CT molecular complexity index is 1210. The Morgan fingerprint density at radius 3 is 1.88 bits per heavy atom. The van der Waals surface area contributed by atoms with Crippen molar-refractivity contribution in [1.29, 1.82) is 0 Å². The molecule has 212 valence electrons. The van der Waals surface area contributed by atoms with Crippen LogP contribution in [0.15, 0.2) is 91.0 Å². The molecule has 0 radical (unpaired) electrons. The van der Waals surface area contributed by atoms with Crippen molar-refractivity contribution in [3.63, 3.8) is 0 Å². The molecule has 8 heteroatoms. The molecule has 2 fully saturated rings. The van der Waals surface area contributed by atoms with Gasteiger partial charge in [0.25, 0.3) is 8.32 Å². The molecule has 2 aliphatic heterocycles. The molecule has 0 amide bonds. The second-order valence-electron chi connectivity index (χ2n) is 11.3. The minimum Gasteiger partial charge on any atom is -0.454 e. The summed E-state index contributed by atoms with van der Waals surface area (Å²) in [6.45, 7) is 8.29. The summed E-state index contributed by atoms with van der Waals surface area (Å²) in [7, 11) is -1.53. The highest BCUT2D eigenvalue weighted by Crippen LogP contribution is 2.42. The maximum atomic E-state index is 12.4. The van der Waals surface area contributed by atoms with Crippen molar-refractivity contribution < 1.29 is 32.9 Å². The molecule has 0 bridgehead atoms. The fourth-order valence-corrected chi connectivity index (χ4v) is 10.6. The van der Waals surface area contributed by atoms with Crippen LogP contribution in [0.4, 0.5) is 0 Å². The summed E-state index contributed by atoms with van der Waals surface area (Å²) in [5.74, 6) is -0.447. The van der Waals surface area contributed by atoms with Crippen LogP contribution in [0, 0.1) is 0 Å². The highest BCUT2D eigenvalue weighted by Gasteiger charge is 2.59. The molecule has 0 N–H and O–H groups in total. The number of fused-ring (bicyclic) bond motifs is 1. The Morgan fingerprint density at radius 2 is 1.38 bits per heavy atom. The molecule has 5 rings (SSSR count). The number of carbonyl (C=O) groups excluding carboxylic acids is 1. The first-order valence-electron chi connectivity index (χ1n) is 13.7. The normalized spacial score (nSPS) is 27.0. The quantitative estimate of drug-likeness (QED) is 0.313. The standard InChI is InChI=1S/C32H38O7Si/c1-22(33)36-29-28(27-26(37-31(29)34-5)21-35-30(38-27)23-15-9-6-10-16-23)39-40(32(2,3)4,24-17-11-7-12-18-24)25-19-13-8-14-20-25/h6-20,26-31H,21H2,1-5H3/t26-,27-,28+,29-,30-,31+/m1/s1. The summed E-state index contributed by atoms with van der Waals surface area (Å²) in [5.41, 5.74) is 0.892. The maximum absolute atomic E-state index is 12.4. The van der Waals surface area contributed by atoms with Crippen LogP contribution in [-0.2, 0) is 32.9 Å². The maximum Gasteiger partial charge on any atom is 0.303 e. The lowest BCUT2D eigenvalue weighted by Gasteiger charge is -2.53. The van der Waals surface area contributed by atoms with Crippen molar-refractivity contribution in [2.45, 2.75) is 69.7 Å². The van der Waals surface area contributed by atoms with Crippen molar-refractivity contribution in [3.05, 3.63) is 96.6 Å². The third-order valence-electron chi connectivity index (χ3n) is 7.62. The fraction of sp³-hybridized carbons (Fsp3) is 0.406. The molecular weight excluding hydrogens is 524 g/mol. The third kappa shape index (κ3) is 5.52. The molecule has 0 aliphatic carbocycles. The van der Waals surface area contributed by atoms with Crippen LogP contribution < -0.4 is 10.4 Å². The molecule has 40 heavy (non-hydrogen) atoms.